The van der Waals surface area contributed by atoms with E-state index in [0.29, 0.717) is 17.1 Å². The molecule has 0 bridgehead atoms. The molecule has 9 heteroatoms. The molecule has 0 radical (unpaired) electrons. The van der Waals surface area contributed by atoms with E-state index in [-0.39, 0.29) is 24.8 Å². The summed E-state index contributed by atoms with van der Waals surface area (Å²) in [6, 6.07) is 14.8. The number of aliphatic hydroxyl groups is 1. The highest BCUT2D eigenvalue weighted by atomic mass is 19.4. The summed E-state index contributed by atoms with van der Waals surface area (Å²) in [5, 5.41) is 15.0. The van der Waals surface area contributed by atoms with Crippen molar-refractivity contribution >= 4 is 17.5 Å². The van der Waals surface area contributed by atoms with Gasteiger partial charge >= 0.3 is 6.36 Å². The van der Waals surface area contributed by atoms with E-state index in [9.17, 15) is 13.2 Å². The average Bonchev–Trinajstić information content (AvgIpc) is 2.67. The van der Waals surface area contributed by atoms with Crippen molar-refractivity contribution in [3.8, 4) is 17.0 Å². The number of ether oxygens (including phenoxy) is 1. The lowest BCUT2D eigenvalue weighted by molar-refractivity contribution is -0.274. The summed E-state index contributed by atoms with van der Waals surface area (Å²) in [5.74, 6) is 0.335. The van der Waals surface area contributed by atoms with Gasteiger partial charge in [0.05, 0.1) is 12.3 Å². The molecule has 29 heavy (non-hydrogen) atoms. The number of halogens is 3. The van der Waals surface area contributed by atoms with Crippen LogP contribution in [0.5, 0.6) is 5.75 Å². The Balaban J connectivity index is 1.94. The number of aryl methyl sites for hydroxylation is 1. The van der Waals surface area contributed by atoms with Crippen LogP contribution in [0.2, 0.25) is 0 Å². The summed E-state index contributed by atoms with van der Waals surface area (Å²) in [5.41, 5.74) is 2.71. The molecule has 0 aliphatic heterocycles. The highest BCUT2D eigenvalue weighted by molar-refractivity contribution is 5.68. The van der Waals surface area contributed by atoms with Crippen LogP contribution in [0.15, 0.2) is 54.6 Å². The molecule has 152 valence electrons. The molecule has 6 nitrogen and oxygen atoms in total. The van der Waals surface area contributed by atoms with Gasteiger partial charge in [-0.1, -0.05) is 29.8 Å². The minimum Gasteiger partial charge on any atom is -0.406 e. The Morgan fingerprint density at radius 3 is 2.48 bits per heavy atom. The summed E-state index contributed by atoms with van der Waals surface area (Å²) < 4.78 is 41.6. The molecule has 0 aliphatic carbocycles. The molecule has 3 N–H and O–H groups in total. The van der Waals surface area contributed by atoms with E-state index in [2.05, 4.69) is 25.3 Å². The van der Waals surface area contributed by atoms with Crippen LogP contribution in [0.3, 0.4) is 0 Å². The molecular weight excluding hydrogens is 385 g/mol. The largest absolute Gasteiger partial charge is 0.573 e. The number of anilines is 3. The van der Waals surface area contributed by atoms with E-state index in [4.69, 9.17) is 5.11 Å². The zero-order valence-electron chi connectivity index (χ0n) is 15.5. The Labute approximate surface area is 165 Å². The number of hydrogen-bond donors (Lipinski definition) is 3. The number of alkyl halides is 3. The molecule has 0 saturated heterocycles. The van der Waals surface area contributed by atoms with Gasteiger partial charge in [0, 0.05) is 23.9 Å². The molecule has 0 spiro atoms. The first-order valence-corrected chi connectivity index (χ1v) is 8.76. The minimum absolute atomic E-state index is 0.122. The number of nitrogens with zero attached hydrogens (tertiary/aromatic N) is 2. The highest BCUT2D eigenvalue weighted by Gasteiger charge is 2.31. The van der Waals surface area contributed by atoms with Crippen molar-refractivity contribution in [2.75, 3.05) is 23.8 Å². The molecule has 3 rings (SSSR count). The molecule has 0 amide bonds. The SMILES string of the molecule is Cc1ccc(Nc2cc(-c3cccc(OC(F)(F)F)c3)nc(NCCO)n2)cc1. The van der Waals surface area contributed by atoms with E-state index < -0.39 is 6.36 Å². The smallest absolute Gasteiger partial charge is 0.406 e. The summed E-state index contributed by atoms with van der Waals surface area (Å²) in [6.45, 7) is 2.08. The van der Waals surface area contributed by atoms with Crippen LogP contribution >= 0.6 is 0 Å². The van der Waals surface area contributed by atoms with Gasteiger partial charge in [0.1, 0.15) is 11.6 Å². The third-order valence-electron chi connectivity index (χ3n) is 3.81. The van der Waals surface area contributed by atoms with Crippen LogP contribution < -0.4 is 15.4 Å². The number of aliphatic hydroxyl groups excluding tert-OH is 1. The molecule has 1 aromatic heterocycles. The summed E-state index contributed by atoms with van der Waals surface area (Å²) in [6.07, 6.45) is -4.78. The minimum atomic E-state index is -4.78. The van der Waals surface area contributed by atoms with E-state index in [1.165, 1.54) is 18.2 Å². The number of aromatic nitrogens is 2. The van der Waals surface area contributed by atoms with Gasteiger partial charge in [0.25, 0.3) is 0 Å². The standard InChI is InChI=1S/C20H19F3N4O2/c1-13-5-7-15(8-6-13)25-18-12-17(26-19(27-18)24-9-10-28)14-3-2-4-16(11-14)29-20(21,22)23/h2-8,11-12,28H,9-10H2,1H3,(H2,24,25,26,27). The van der Waals surface area contributed by atoms with Crippen molar-refractivity contribution in [2.45, 2.75) is 13.3 Å². The average molecular weight is 404 g/mol. The van der Waals surface area contributed by atoms with Crippen molar-refractivity contribution in [2.24, 2.45) is 0 Å². The van der Waals surface area contributed by atoms with E-state index >= 15 is 0 Å². The van der Waals surface area contributed by atoms with Gasteiger partial charge in [-0.25, -0.2) is 4.98 Å². The number of rotatable bonds is 7. The Bertz CT molecular complexity index is 963. The highest BCUT2D eigenvalue weighted by Crippen LogP contribution is 2.29. The van der Waals surface area contributed by atoms with Crippen LogP contribution in [-0.2, 0) is 0 Å². The van der Waals surface area contributed by atoms with Crippen molar-refractivity contribution in [1.82, 2.24) is 9.97 Å². The molecule has 0 aliphatic rings. The predicted octanol–water partition coefficient (Wildman–Crippen LogP) is 4.50. The van der Waals surface area contributed by atoms with Gasteiger partial charge in [-0.3, -0.25) is 0 Å². The van der Waals surface area contributed by atoms with Gasteiger partial charge in [-0.05, 0) is 31.2 Å². The van der Waals surface area contributed by atoms with E-state index in [1.807, 2.05) is 31.2 Å². The third kappa shape index (κ3) is 6.08. The zero-order valence-corrected chi connectivity index (χ0v) is 15.5. The van der Waals surface area contributed by atoms with Crippen LogP contribution in [0, 0.1) is 6.92 Å². The molecule has 1 heterocycles. The van der Waals surface area contributed by atoms with Crippen LogP contribution in [0.25, 0.3) is 11.3 Å². The van der Waals surface area contributed by atoms with Gasteiger partial charge in [0.15, 0.2) is 0 Å². The van der Waals surface area contributed by atoms with Gasteiger partial charge in [-0.15, -0.1) is 13.2 Å². The summed E-state index contributed by atoms with van der Waals surface area (Å²) >= 11 is 0. The quantitative estimate of drug-likeness (QED) is 0.538. The predicted molar refractivity (Wildman–Crippen MR) is 104 cm³/mol. The Morgan fingerprint density at radius 1 is 1.03 bits per heavy atom. The maximum atomic E-state index is 12.5. The van der Waals surface area contributed by atoms with Crippen LogP contribution in [0.4, 0.5) is 30.6 Å². The molecule has 3 aromatic rings. The van der Waals surface area contributed by atoms with E-state index in [0.717, 1.165) is 11.3 Å². The van der Waals surface area contributed by atoms with Crippen LogP contribution in [-0.4, -0.2) is 34.6 Å². The Hall–Kier alpha value is -3.33. The third-order valence-corrected chi connectivity index (χ3v) is 3.81. The summed E-state index contributed by atoms with van der Waals surface area (Å²) in [4.78, 5) is 8.66. The lowest BCUT2D eigenvalue weighted by atomic mass is 10.1. The fraction of sp³-hybridized carbons (Fsp3) is 0.200. The monoisotopic (exact) mass is 404 g/mol. The molecule has 0 saturated carbocycles. The first-order valence-electron chi connectivity index (χ1n) is 8.76. The molecule has 0 fully saturated rings. The second-order valence-electron chi connectivity index (χ2n) is 6.18. The van der Waals surface area contributed by atoms with Gasteiger partial charge in [-0.2, -0.15) is 4.98 Å². The zero-order chi connectivity index (χ0) is 20.9. The fourth-order valence-electron chi connectivity index (χ4n) is 2.54. The molecule has 0 unspecified atom stereocenters. The maximum absolute atomic E-state index is 12.5. The van der Waals surface area contributed by atoms with E-state index in [1.54, 1.807) is 12.1 Å². The number of hydrogen-bond acceptors (Lipinski definition) is 6. The second kappa shape index (κ2) is 8.78. The normalized spacial score (nSPS) is 11.2. The van der Waals surface area contributed by atoms with Gasteiger partial charge in [0.2, 0.25) is 5.95 Å². The lowest BCUT2D eigenvalue weighted by Gasteiger charge is -2.13. The maximum Gasteiger partial charge on any atom is 0.573 e. The van der Waals surface area contributed by atoms with Crippen molar-refractivity contribution in [1.29, 1.82) is 0 Å². The first kappa shape index (κ1) is 20.4. The van der Waals surface area contributed by atoms with Crippen molar-refractivity contribution in [3.05, 3.63) is 60.2 Å². The number of benzene rings is 2. The topological polar surface area (TPSA) is 79.3 Å². The lowest BCUT2D eigenvalue weighted by Crippen LogP contribution is -2.17. The second-order valence-corrected chi connectivity index (χ2v) is 6.18. The van der Waals surface area contributed by atoms with Crippen molar-refractivity contribution < 1.29 is 23.0 Å². The molecule has 2 aromatic carbocycles. The molecular formula is C20H19F3N4O2. The molecule has 0 atom stereocenters. The Morgan fingerprint density at radius 2 is 1.79 bits per heavy atom. The van der Waals surface area contributed by atoms with Gasteiger partial charge < -0.3 is 20.5 Å². The number of nitrogens with one attached hydrogen (secondary N) is 2. The van der Waals surface area contributed by atoms with Crippen molar-refractivity contribution in [3.63, 3.8) is 0 Å². The first-order chi connectivity index (χ1) is 13.8. The van der Waals surface area contributed by atoms with Crippen LogP contribution in [0.1, 0.15) is 5.56 Å². The fourth-order valence-corrected chi connectivity index (χ4v) is 2.54. The summed E-state index contributed by atoms with van der Waals surface area (Å²) in [7, 11) is 0. The Kier molecular flexibility index (Phi) is 6.18.